The van der Waals surface area contributed by atoms with E-state index in [4.69, 9.17) is 10.5 Å². The molecule has 0 saturated heterocycles. The molecule has 0 bridgehead atoms. The third-order valence-corrected chi connectivity index (χ3v) is 4.31. The van der Waals surface area contributed by atoms with Crippen LogP contribution in [0.5, 0.6) is 5.75 Å². The largest absolute Gasteiger partial charge is 0.494 e. The zero-order chi connectivity index (χ0) is 17.3. The van der Waals surface area contributed by atoms with Crippen LogP contribution in [0, 0.1) is 0 Å². The van der Waals surface area contributed by atoms with Gasteiger partial charge in [0.1, 0.15) is 5.75 Å². The number of guanidine groups is 1. The highest BCUT2D eigenvalue weighted by molar-refractivity contribution is 6.06. The fraction of sp³-hybridized carbons (Fsp3) is 0.263. The Hall–Kier alpha value is -2.82. The lowest BCUT2D eigenvalue weighted by Crippen LogP contribution is -2.38. The summed E-state index contributed by atoms with van der Waals surface area (Å²) in [4.78, 5) is 18.3. The Bertz CT molecular complexity index is 816. The molecule has 1 aliphatic rings. The Morgan fingerprint density at radius 1 is 1.17 bits per heavy atom. The number of carbonyl (C=O) groups excluding carboxylic acids is 1. The number of benzene rings is 2. The number of likely N-dealkylation sites (N-methyl/N-ethyl adjacent to an activating group) is 1. The zero-order valence-electron chi connectivity index (χ0n) is 14.1. The number of nitrogens with zero attached hydrogens (tertiary/aromatic N) is 2. The summed E-state index contributed by atoms with van der Waals surface area (Å²) in [6.07, 6.45) is 0. The molecular formula is C19H21N3O2. The minimum absolute atomic E-state index is 0.125. The minimum Gasteiger partial charge on any atom is -0.494 e. The van der Waals surface area contributed by atoms with Gasteiger partial charge < -0.3 is 10.5 Å². The van der Waals surface area contributed by atoms with Crippen molar-refractivity contribution in [3.05, 3.63) is 54.1 Å². The molecule has 24 heavy (non-hydrogen) atoms. The van der Waals surface area contributed by atoms with Gasteiger partial charge in [0, 0.05) is 7.05 Å². The van der Waals surface area contributed by atoms with E-state index in [1.54, 1.807) is 14.0 Å². The van der Waals surface area contributed by atoms with Gasteiger partial charge in [0.2, 0.25) is 0 Å². The van der Waals surface area contributed by atoms with Gasteiger partial charge >= 0.3 is 0 Å². The van der Waals surface area contributed by atoms with E-state index in [1.165, 1.54) is 4.90 Å². The lowest BCUT2D eigenvalue weighted by molar-refractivity contribution is -0.130. The van der Waals surface area contributed by atoms with E-state index in [-0.39, 0.29) is 11.9 Å². The number of amides is 1. The normalized spacial score (nSPS) is 20.2. The molecule has 2 aromatic carbocycles. The molecule has 0 spiro atoms. The molecule has 1 unspecified atom stereocenters. The van der Waals surface area contributed by atoms with E-state index in [0.29, 0.717) is 6.61 Å². The van der Waals surface area contributed by atoms with Crippen molar-refractivity contribution in [2.75, 3.05) is 13.7 Å². The fourth-order valence-corrected chi connectivity index (χ4v) is 2.90. The predicted octanol–water partition coefficient (Wildman–Crippen LogP) is 2.75. The Morgan fingerprint density at radius 2 is 1.83 bits per heavy atom. The van der Waals surface area contributed by atoms with Gasteiger partial charge in [0.05, 0.1) is 6.61 Å². The fourth-order valence-electron chi connectivity index (χ4n) is 2.90. The standard InChI is InChI=1S/C19H21N3O2/c1-4-24-16-10-6-8-14(12-16)13-7-5-9-15(11-13)19(2)17(23)22(3)18(20)21-19/h5-12H,4H2,1-3H3,(H2,20,21). The molecule has 1 heterocycles. The summed E-state index contributed by atoms with van der Waals surface area (Å²) in [5, 5.41) is 0. The monoisotopic (exact) mass is 323 g/mol. The molecule has 1 amide bonds. The Balaban J connectivity index is 2.02. The number of ether oxygens (including phenoxy) is 1. The van der Waals surface area contributed by atoms with Gasteiger partial charge in [-0.1, -0.05) is 30.3 Å². The number of rotatable bonds is 4. The van der Waals surface area contributed by atoms with Gasteiger partial charge in [0.25, 0.3) is 5.91 Å². The van der Waals surface area contributed by atoms with E-state index in [2.05, 4.69) is 4.99 Å². The first-order valence-corrected chi connectivity index (χ1v) is 7.93. The molecule has 2 N–H and O–H groups in total. The van der Waals surface area contributed by atoms with E-state index in [0.717, 1.165) is 22.4 Å². The van der Waals surface area contributed by atoms with E-state index in [9.17, 15) is 4.79 Å². The molecule has 0 saturated carbocycles. The second kappa shape index (κ2) is 6.00. The summed E-state index contributed by atoms with van der Waals surface area (Å²) >= 11 is 0. The molecule has 0 aromatic heterocycles. The van der Waals surface area contributed by atoms with Crippen molar-refractivity contribution in [3.63, 3.8) is 0 Å². The van der Waals surface area contributed by atoms with Crippen molar-refractivity contribution < 1.29 is 9.53 Å². The number of hydrogen-bond acceptors (Lipinski definition) is 4. The van der Waals surface area contributed by atoms with Gasteiger partial charge in [-0.15, -0.1) is 0 Å². The molecule has 0 fully saturated rings. The van der Waals surface area contributed by atoms with Crippen molar-refractivity contribution in [1.82, 2.24) is 4.90 Å². The SMILES string of the molecule is CCOc1cccc(-c2cccc(C3(C)N=C(N)N(C)C3=O)c2)c1. The van der Waals surface area contributed by atoms with Crippen LogP contribution in [0.4, 0.5) is 0 Å². The lowest BCUT2D eigenvalue weighted by Gasteiger charge is -2.21. The molecule has 1 atom stereocenters. The first kappa shape index (κ1) is 16.1. The highest BCUT2D eigenvalue weighted by atomic mass is 16.5. The van der Waals surface area contributed by atoms with Crippen molar-refractivity contribution in [1.29, 1.82) is 0 Å². The number of aliphatic imine (C=N–C) groups is 1. The van der Waals surface area contributed by atoms with Crippen molar-refractivity contribution in [3.8, 4) is 16.9 Å². The van der Waals surface area contributed by atoms with Crippen LogP contribution in [0.15, 0.2) is 53.5 Å². The van der Waals surface area contributed by atoms with Crippen LogP contribution in [0.1, 0.15) is 19.4 Å². The van der Waals surface area contributed by atoms with Crippen molar-refractivity contribution in [2.45, 2.75) is 19.4 Å². The average molecular weight is 323 g/mol. The van der Waals surface area contributed by atoms with Gasteiger partial charge in [0.15, 0.2) is 11.5 Å². The summed E-state index contributed by atoms with van der Waals surface area (Å²) in [5.41, 5.74) is 7.70. The average Bonchev–Trinajstić information content (AvgIpc) is 2.80. The lowest BCUT2D eigenvalue weighted by atomic mass is 9.89. The van der Waals surface area contributed by atoms with Crippen LogP contribution in [0.3, 0.4) is 0 Å². The quantitative estimate of drug-likeness (QED) is 0.940. The van der Waals surface area contributed by atoms with E-state index in [1.807, 2.05) is 55.5 Å². The summed E-state index contributed by atoms with van der Waals surface area (Å²) in [6, 6.07) is 15.7. The topological polar surface area (TPSA) is 67.9 Å². The number of carbonyl (C=O) groups is 1. The molecular weight excluding hydrogens is 302 g/mol. The molecule has 3 rings (SSSR count). The molecule has 0 aliphatic carbocycles. The Labute approximate surface area is 141 Å². The highest BCUT2D eigenvalue weighted by Crippen LogP contribution is 2.34. The molecule has 5 nitrogen and oxygen atoms in total. The van der Waals surface area contributed by atoms with Gasteiger partial charge in [-0.05, 0) is 48.7 Å². The highest BCUT2D eigenvalue weighted by Gasteiger charge is 2.43. The smallest absolute Gasteiger partial charge is 0.261 e. The van der Waals surface area contributed by atoms with E-state index < -0.39 is 5.54 Å². The molecule has 0 radical (unpaired) electrons. The van der Waals surface area contributed by atoms with Crippen LogP contribution in [0.2, 0.25) is 0 Å². The Morgan fingerprint density at radius 3 is 2.46 bits per heavy atom. The van der Waals surface area contributed by atoms with Gasteiger partial charge in [-0.25, -0.2) is 4.99 Å². The predicted molar refractivity (Wildman–Crippen MR) is 94.8 cm³/mol. The maximum absolute atomic E-state index is 12.5. The van der Waals surface area contributed by atoms with Gasteiger partial charge in [-0.2, -0.15) is 0 Å². The van der Waals surface area contributed by atoms with E-state index >= 15 is 0 Å². The zero-order valence-corrected chi connectivity index (χ0v) is 14.1. The first-order valence-electron chi connectivity index (χ1n) is 7.93. The van der Waals surface area contributed by atoms with Crippen molar-refractivity contribution in [2.24, 2.45) is 10.7 Å². The molecule has 1 aliphatic heterocycles. The molecule has 2 aromatic rings. The maximum atomic E-state index is 12.5. The van der Waals surface area contributed by atoms with Crippen molar-refractivity contribution >= 4 is 11.9 Å². The summed E-state index contributed by atoms with van der Waals surface area (Å²) < 4.78 is 5.56. The summed E-state index contributed by atoms with van der Waals surface area (Å²) in [5.74, 6) is 0.942. The maximum Gasteiger partial charge on any atom is 0.261 e. The first-order chi connectivity index (χ1) is 11.5. The summed E-state index contributed by atoms with van der Waals surface area (Å²) in [7, 11) is 1.64. The van der Waals surface area contributed by atoms with Crippen LogP contribution in [-0.4, -0.2) is 30.4 Å². The minimum atomic E-state index is -0.980. The number of nitrogens with two attached hydrogens (primary N) is 1. The Kier molecular flexibility index (Phi) is 4.01. The van der Waals surface area contributed by atoms with Crippen LogP contribution < -0.4 is 10.5 Å². The number of hydrogen-bond donors (Lipinski definition) is 1. The third kappa shape index (κ3) is 2.62. The molecule has 5 heteroatoms. The second-order valence-corrected chi connectivity index (χ2v) is 5.95. The van der Waals surface area contributed by atoms with Crippen LogP contribution in [0.25, 0.3) is 11.1 Å². The second-order valence-electron chi connectivity index (χ2n) is 5.95. The third-order valence-electron chi connectivity index (χ3n) is 4.31. The van der Waals surface area contributed by atoms with Crippen LogP contribution in [-0.2, 0) is 10.3 Å². The summed E-state index contributed by atoms with van der Waals surface area (Å²) in [6.45, 7) is 4.37. The van der Waals surface area contributed by atoms with Gasteiger partial charge in [-0.3, -0.25) is 9.69 Å². The van der Waals surface area contributed by atoms with Crippen LogP contribution >= 0.6 is 0 Å². The molecule has 124 valence electrons.